The largest absolute Gasteiger partial charge is 0.493 e. The number of nitrogens with zero attached hydrogens (tertiary/aromatic N) is 1. The minimum absolute atomic E-state index is 0.129. The summed E-state index contributed by atoms with van der Waals surface area (Å²) < 4.78 is 29.3. The lowest BCUT2D eigenvalue weighted by Crippen LogP contribution is -2.37. The van der Waals surface area contributed by atoms with Crippen LogP contribution in [-0.4, -0.2) is 40.3 Å². The van der Waals surface area contributed by atoms with Gasteiger partial charge in [-0.3, -0.25) is 4.79 Å². The molecular formula is C20H25FN2O4. The van der Waals surface area contributed by atoms with E-state index in [0.717, 1.165) is 5.56 Å². The number of amides is 1. The third-order valence-electron chi connectivity index (χ3n) is 4.10. The molecule has 0 radical (unpaired) electrons. The van der Waals surface area contributed by atoms with E-state index in [-0.39, 0.29) is 18.3 Å². The van der Waals surface area contributed by atoms with E-state index < -0.39 is 0 Å². The molecule has 146 valence electrons. The molecule has 0 unspecified atom stereocenters. The SMILES string of the molecule is CCN(CC(=O)NCc1cc(OC)c(OC)c(OC)c1)c1cccc(F)c1. The average molecular weight is 376 g/mol. The first-order valence-electron chi connectivity index (χ1n) is 8.58. The molecule has 27 heavy (non-hydrogen) atoms. The summed E-state index contributed by atoms with van der Waals surface area (Å²) >= 11 is 0. The van der Waals surface area contributed by atoms with Crippen LogP contribution in [0.2, 0.25) is 0 Å². The molecule has 1 amide bonds. The van der Waals surface area contributed by atoms with E-state index in [2.05, 4.69) is 5.32 Å². The highest BCUT2D eigenvalue weighted by atomic mass is 19.1. The van der Waals surface area contributed by atoms with Crippen LogP contribution in [0.5, 0.6) is 17.2 Å². The van der Waals surface area contributed by atoms with E-state index in [4.69, 9.17) is 14.2 Å². The van der Waals surface area contributed by atoms with Crippen LogP contribution in [0.15, 0.2) is 36.4 Å². The lowest BCUT2D eigenvalue weighted by atomic mass is 10.1. The quantitative estimate of drug-likeness (QED) is 0.729. The number of benzene rings is 2. The predicted octanol–water partition coefficient (Wildman–Crippen LogP) is 2.99. The molecule has 0 heterocycles. The van der Waals surface area contributed by atoms with Crippen LogP contribution in [0, 0.1) is 5.82 Å². The van der Waals surface area contributed by atoms with E-state index in [9.17, 15) is 9.18 Å². The summed E-state index contributed by atoms with van der Waals surface area (Å²) in [7, 11) is 4.61. The summed E-state index contributed by atoms with van der Waals surface area (Å²) in [5.74, 6) is 1.05. The van der Waals surface area contributed by atoms with Gasteiger partial charge in [0.1, 0.15) is 5.82 Å². The van der Waals surface area contributed by atoms with Crippen molar-refractivity contribution in [1.82, 2.24) is 5.32 Å². The van der Waals surface area contributed by atoms with Gasteiger partial charge in [-0.05, 0) is 42.8 Å². The number of methoxy groups -OCH3 is 3. The van der Waals surface area contributed by atoms with Crippen molar-refractivity contribution in [2.75, 3.05) is 39.3 Å². The second kappa shape index (κ2) is 9.66. The fraction of sp³-hybridized carbons (Fsp3) is 0.350. The highest BCUT2D eigenvalue weighted by molar-refractivity contribution is 5.81. The zero-order valence-electron chi connectivity index (χ0n) is 16.0. The van der Waals surface area contributed by atoms with Gasteiger partial charge >= 0.3 is 0 Å². The van der Waals surface area contributed by atoms with Gasteiger partial charge in [-0.25, -0.2) is 4.39 Å². The van der Waals surface area contributed by atoms with Crippen LogP contribution in [0.3, 0.4) is 0 Å². The summed E-state index contributed by atoms with van der Waals surface area (Å²) in [6.07, 6.45) is 0. The molecule has 0 fully saturated rings. The number of carbonyl (C=O) groups excluding carboxylic acids is 1. The molecule has 2 aromatic rings. The van der Waals surface area contributed by atoms with Crippen molar-refractivity contribution in [2.24, 2.45) is 0 Å². The third-order valence-corrected chi connectivity index (χ3v) is 4.10. The molecule has 0 spiro atoms. The van der Waals surface area contributed by atoms with Gasteiger partial charge in [0.2, 0.25) is 11.7 Å². The van der Waals surface area contributed by atoms with Gasteiger partial charge in [-0.2, -0.15) is 0 Å². The number of anilines is 1. The molecule has 0 saturated carbocycles. The summed E-state index contributed by atoms with van der Waals surface area (Å²) in [5.41, 5.74) is 1.48. The summed E-state index contributed by atoms with van der Waals surface area (Å²) in [6, 6.07) is 9.76. The molecule has 0 atom stereocenters. The summed E-state index contributed by atoms with van der Waals surface area (Å²) in [6.45, 7) is 2.93. The maximum Gasteiger partial charge on any atom is 0.239 e. The van der Waals surface area contributed by atoms with Crippen molar-refractivity contribution in [1.29, 1.82) is 0 Å². The zero-order chi connectivity index (χ0) is 19.8. The lowest BCUT2D eigenvalue weighted by Gasteiger charge is -2.22. The highest BCUT2D eigenvalue weighted by Crippen LogP contribution is 2.38. The van der Waals surface area contributed by atoms with Gasteiger partial charge < -0.3 is 24.4 Å². The van der Waals surface area contributed by atoms with Crippen LogP contribution >= 0.6 is 0 Å². The summed E-state index contributed by atoms with van der Waals surface area (Å²) in [5, 5.41) is 2.86. The topological polar surface area (TPSA) is 60.0 Å². The minimum Gasteiger partial charge on any atom is -0.493 e. The fourth-order valence-electron chi connectivity index (χ4n) is 2.73. The third kappa shape index (κ3) is 5.26. The summed E-state index contributed by atoms with van der Waals surface area (Å²) in [4.78, 5) is 14.1. The van der Waals surface area contributed by atoms with E-state index in [1.54, 1.807) is 29.2 Å². The van der Waals surface area contributed by atoms with Crippen LogP contribution in [0.25, 0.3) is 0 Å². The first-order chi connectivity index (χ1) is 13.0. The second-order valence-electron chi connectivity index (χ2n) is 5.80. The number of hydrogen-bond acceptors (Lipinski definition) is 5. The number of ether oxygens (including phenoxy) is 3. The normalized spacial score (nSPS) is 10.3. The van der Waals surface area contributed by atoms with E-state index in [1.807, 2.05) is 6.92 Å². The Morgan fingerprint density at radius 3 is 2.26 bits per heavy atom. The fourth-order valence-corrected chi connectivity index (χ4v) is 2.73. The van der Waals surface area contributed by atoms with E-state index in [1.165, 1.54) is 33.5 Å². The zero-order valence-corrected chi connectivity index (χ0v) is 16.0. The van der Waals surface area contributed by atoms with Gasteiger partial charge in [0.15, 0.2) is 11.5 Å². The van der Waals surface area contributed by atoms with Crippen molar-refractivity contribution >= 4 is 11.6 Å². The van der Waals surface area contributed by atoms with Crippen LogP contribution in [0.4, 0.5) is 10.1 Å². The maximum atomic E-state index is 13.4. The van der Waals surface area contributed by atoms with Crippen molar-refractivity contribution < 1.29 is 23.4 Å². The molecule has 0 saturated heterocycles. The first-order valence-corrected chi connectivity index (χ1v) is 8.58. The van der Waals surface area contributed by atoms with Crippen molar-refractivity contribution in [3.63, 3.8) is 0 Å². The van der Waals surface area contributed by atoms with Crippen molar-refractivity contribution in [3.8, 4) is 17.2 Å². The number of carbonyl (C=O) groups is 1. The standard InChI is InChI=1S/C20H25FN2O4/c1-5-23(16-8-6-7-15(21)11-16)13-19(24)22-12-14-9-17(25-2)20(27-4)18(10-14)26-3/h6-11H,5,12-13H2,1-4H3,(H,22,24). The van der Waals surface area contributed by atoms with Crippen LogP contribution < -0.4 is 24.4 Å². The Balaban J connectivity index is 2.04. The number of halogens is 1. The van der Waals surface area contributed by atoms with E-state index in [0.29, 0.717) is 36.0 Å². The Kier molecular flexibility index (Phi) is 7.28. The Morgan fingerprint density at radius 2 is 1.74 bits per heavy atom. The monoisotopic (exact) mass is 376 g/mol. The van der Waals surface area contributed by atoms with Gasteiger partial charge in [0.25, 0.3) is 0 Å². The maximum absolute atomic E-state index is 13.4. The van der Waals surface area contributed by atoms with Gasteiger partial charge in [-0.1, -0.05) is 6.07 Å². The van der Waals surface area contributed by atoms with Crippen LogP contribution in [0.1, 0.15) is 12.5 Å². The highest BCUT2D eigenvalue weighted by Gasteiger charge is 2.15. The number of likely N-dealkylation sites (N-methyl/N-ethyl adjacent to an activating group) is 1. The second-order valence-corrected chi connectivity index (χ2v) is 5.80. The Hall–Kier alpha value is -2.96. The average Bonchev–Trinajstić information content (AvgIpc) is 2.69. The molecule has 0 bridgehead atoms. The molecule has 0 aromatic heterocycles. The minimum atomic E-state index is -0.330. The van der Waals surface area contributed by atoms with Crippen molar-refractivity contribution in [3.05, 3.63) is 47.8 Å². The smallest absolute Gasteiger partial charge is 0.239 e. The van der Waals surface area contributed by atoms with Crippen LogP contribution in [-0.2, 0) is 11.3 Å². The number of rotatable bonds is 9. The first kappa shape index (κ1) is 20.4. The molecular weight excluding hydrogens is 351 g/mol. The molecule has 0 aliphatic heterocycles. The molecule has 0 aliphatic carbocycles. The molecule has 2 rings (SSSR count). The predicted molar refractivity (Wildman–Crippen MR) is 102 cm³/mol. The van der Waals surface area contributed by atoms with Crippen molar-refractivity contribution in [2.45, 2.75) is 13.5 Å². The molecule has 0 aliphatic rings. The molecule has 1 N–H and O–H groups in total. The van der Waals surface area contributed by atoms with Gasteiger partial charge in [0.05, 0.1) is 27.9 Å². The lowest BCUT2D eigenvalue weighted by molar-refractivity contribution is -0.119. The molecule has 2 aromatic carbocycles. The molecule has 6 nitrogen and oxygen atoms in total. The Bertz CT molecular complexity index is 757. The van der Waals surface area contributed by atoms with Gasteiger partial charge in [-0.15, -0.1) is 0 Å². The Labute approximate surface area is 158 Å². The Morgan fingerprint density at radius 1 is 1.07 bits per heavy atom. The van der Waals surface area contributed by atoms with E-state index >= 15 is 0 Å². The van der Waals surface area contributed by atoms with Gasteiger partial charge in [0, 0.05) is 18.8 Å². The number of nitrogens with one attached hydrogen (secondary N) is 1. The number of hydrogen-bond donors (Lipinski definition) is 1. The molecule has 7 heteroatoms.